The van der Waals surface area contributed by atoms with Crippen LogP contribution in [0.1, 0.15) is 39.6 Å². The molecule has 0 radical (unpaired) electrons. The lowest BCUT2D eigenvalue weighted by molar-refractivity contribution is -0.138. The Labute approximate surface area is 209 Å². The summed E-state index contributed by atoms with van der Waals surface area (Å²) >= 11 is 0. The molecule has 2 heterocycles. The van der Waals surface area contributed by atoms with Gasteiger partial charge in [-0.2, -0.15) is 13.2 Å². The first-order valence-electron chi connectivity index (χ1n) is 11.6. The Morgan fingerprint density at radius 3 is 1.49 bits per heavy atom. The van der Waals surface area contributed by atoms with Crippen LogP contribution in [0.25, 0.3) is 11.4 Å². The van der Waals surface area contributed by atoms with Crippen molar-refractivity contribution in [3.05, 3.63) is 139 Å². The van der Waals surface area contributed by atoms with E-state index in [1.807, 2.05) is 0 Å². The van der Waals surface area contributed by atoms with Gasteiger partial charge in [0, 0.05) is 17.3 Å². The predicted molar refractivity (Wildman–Crippen MR) is 135 cm³/mol. The maximum atomic E-state index is 14.2. The number of H-pyrrole nitrogens is 2. The Balaban J connectivity index is 1.84. The summed E-state index contributed by atoms with van der Waals surface area (Å²) in [6.07, 6.45) is -4.69. The Morgan fingerprint density at radius 2 is 1.05 bits per heavy atom. The predicted octanol–water partition coefficient (Wildman–Crippen LogP) is 5.46. The number of aryl methyl sites for hydroxylation is 2. The normalized spacial score (nSPS) is 11.8. The van der Waals surface area contributed by atoms with Gasteiger partial charge >= 0.3 is 6.18 Å². The van der Waals surface area contributed by atoms with Crippen molar-refractivity contribution < 1.29 is 13.2 Å². The third-order valence-corrected chi connectivity index (χ3v) is 6.42. The first-order valence-corrected chi connectivity index (χ1v) is 11.6. The summed E-state index contributed by atoms with van der Waals surface area (Å²) in [5.41, 5.74) is -0.223. The van der Waals surface area contributed by atoms with Gasteiger partial charge in [-0.1, -0.05) is 54.6 Å². The van der Waals surface area contributed by atoms with E-state index in [9.17, 15) is 22.8 Å². The number of aromatic nitrogens is 4. The van der Waals surface area contributed by atoms with Gasteiger partial charge in [-0.25, -0.2) is 9.36 Å². The number of rotatable bonds is 5. The molecule has 0 fully saturated rings. The zero-order valence-electron chi connectivity index (χ0n) is 20.0. The number of nitrogens with zero attached hydrogens (tertiary/aromatic N) is 2. The van der Waals surface area contributed by atoms with Crippen LogP contribution in [0, 0.1) is 13.8 Å². The summed E-state index contributed by atoms with van der Waals surface area (Å²) in [6.45, 7) is 3.24. The Hall–Kier alpha value is -4.53. The smallest absolute Gasteiger partial charge is 0.295 e. The van der Waals surface area contributed by atoms with Crippen LogP contribution in [0.5, 0.6) is 0 Å². The molecule has 9 heteroatoms. The number of aromatic amines is 2. The molecule has 0 spiro atoms. The van der Waals surface area contributed by atoms with Crippen molar-refractivity contribution in [2.24, 2.45) is 0 Å². The number of alkyl halides is 3. The highest BCUT2D eigenvalue weighted by Crippen LogP contribution is 2.40. The summed E-state index contributed by atoms with van der Waals surface area (Å²) in [6, 6.07) is 22.5. The second kappa shape index (κ2) is 9.16. The highest BCUT2D eigenvalue weighted by atomic mass is 19.4. The molecule has 0 saturated carbocycles. The van der Waals surface area contributed by atoms with Crippen LogP contribution < -0.4 is 11.1 Å². The molecule has 3 aromatic carbocycles. The average molecular weight is 505 g/mol. The second-order valence-corrected chi connectivity index (χ2v) is 8.77. The monoisotopic (exact) mass is 504 g/mol. The molecule has 0 amide bonds. The molecular formula is C28H23F3N4O2. The first-order chi connectivity index (χ1) is 17.7. The maximum Gasteiger partial charge on any atom is 0.416 e. The molecule has 0 unspecified atom stereocenters. The molecule has 5 aromatic rings. The molecule has 0 aliphatic rings. The van der Waals surface area contributed by atoms with E-state index >= 15 is 0 Å². The fraction of sp³-hybridized carbons (Fsp3) is 0.143. The van der Waals surface area contributed by atoms with Crippen molar-refractivity contribution in [3.63, 3.8) is 0 Å². The van der Waals surface area contributed by atoms with E-state index in [-0.39, 0.29) is 16.7 Å². The minimum atomic E-state index is -4.69. The van der Waals surface area contributed by atoms with Gasteiger partial charge in [-0.05, 0) is 49.7 Å². The summed E-state index contributed by atoms with van der Waals surface area (Å²) in [5, 5.41) is 5.98. The van der Waals surface area contributed by atoms with Crippen LogP contribution in [0.3, 0.4) is 0 Å². The number of para-hydroxylation sites is 2. The zero-order chi connectivity index (χ0) is 26.3. The fourth-order valence-electron chi connectivity index (χ4n) is 4.78. The van der Waals surface area contributed by atoms with Crippen molar-refractivity contribution in [2.75, 3.05) is 0 Å². The van der Waals surface area contributed by atoms with Crippen molar-refractivity contribution >= 4 is 0 Å². The van der Waals surface area contributed by atoms with E-state index in [4.69, 9.17) is 0 Å². The summed E-state index contributed by atoms with van der Waals surface area (Å²) < 4.78 is 45.2. The number of halogens is 3. The third-order valence-electron chi connectivity index (χ3n) is 6.42. The summed E-state index contributed by atoms with van der Waals surface area (Å²) in [4.78, 5) is 27.5. The highest BCUT2D eigenvalue weighted by molar-refractivity contribution is 5.50. The molecule has 2 aromatic heterocycles. The van der Waals surface area contributed by atoms with Gasteiger partial charge < -0.3 is 0 Å². The van der Waals surface area contributed by atoms with Gasteiger partial charge in [-0.3, -0.25) is 19.8 Å². The summed E-state index contributed by atoms with van der Waals surface area (Å²) in [5.74, 6) is -1.28. The molecule has 37 heavy (non-hydrogen) atoms. The van der Waals surface area contributed by atoms with Gasteiger partial charge in [0.2, 0.25) is 0 Å². The lowest BCUT2D eigenvalue weighted by atomic mass is 9.82. The molecule has 0 bridgehead atoms. The first kappa shape index (κ1) is 24.2. The largest absolute Gasteiger partial charge is 0.416 e. The minimum absolute atomic E-state index is 0.0694. The molecular weight excluding hydrogens is 481 g/mol. The van der Waals surface area contributed by atoms with Gasteiger partial charge in [0.25, 0.3) is 11.1 Å². The van der Waals surface area contributed by atoms with Crippen molar-refractivity contribution in [2.45, 2.75) is 25.9 Å². The van der Waals surface area contributed by atoms with Crippen LogP contribution in [-0.2, 0) is 6.18 Å². The second-order valence-electron chi connectivity index (χ2n) is 8.77. The standard InChI is InChI=1S/C28H23F3N4O2/c1-17-23(26(36)34(32-17)19-11-5-3-6-12-19)25(21-15-9-10-16-22(21)28(29,30)31)24-18(2)33-35(27(24)37)20-13-7-4-8-14-20/h3-16,25,32-33H,1-2H3. The number of hydrogen-bond donors (Lipinski definition) is 2. The van der Waals surface area contributed by atoms with Crippen molar-refractivity contribution in [1.29, 1.82) is 0 Å². The Bertz CT molecular complexity index is 1580. The lowest BCUT2D eigenvalue weighted by Gasteiger charge is -2.20. The van der Waals surface area contributed by atoms with E-state index < -0.39 is 28.8 Å². The van der Waals surface area contributed by atoms with Crippen LogP contribution in [0.15, 0.2) is 94.5 Å². The molecule has 0 atom stereocenters. The number of nitrogens with one attached hydrogen (secondary N) is 2. The van der Waals surface area contributed by atoms with Crippen LogP contribution >= 0.6 is 0 Å². The van der Waals surface area contributed by atoms with E-state index in [0.717, 1.165) is 6.07 Å². The van der Waals surface area contributed by atoms with Crippen molar-refractivity contribution in [1.82, 2.24) is 19.6 Å². The molecule has 188 valence electrons. The van der Waals surface area contributed by atoms with Crippen LogP contribution in [0.2, 0.25) is 0 Å². The maximum absolute atomic E-state index is 14.2. The zero-order valence-corrected chi connectivity index (χ0v) is 20.0. The Morgan fingerprint density at radius 1 is 0.649 bits per heavy atom. The SMILES string of the molecule is Cc1[nH]n(-c2ccccc2)c(=O)c1C(c1ccccc1C(F)(F)F)c1c(C)[nH]n(-c2ccccc2)c1=O. The van der Waals surface area contributed by atoms with Gasteiger partial charge in [0.1, 0.15) is 0 Å². The topological polar surface area (TPSA) is 75.6 Å². The molecule has 2 N–H and O–H groups in total. The van der Waals surface area contributed by atoms with E-state index in [1.165, 1.54) is 27.6 Å². The molecule has 5 rings (SSSR count). The fourth-order valence-corrected chi connectivity index (χ4v) is 4.78. The van der Waals surface area contributed by atoms with Gasteiger partial charge in [0.05, 0.1) is 28.1 Å². The van der Waals surface area contributed by atoms with Crippen LogP contribution in [-0.4, -0.2) is 19.6 Å². The van der Waals surface area contributed by atoms with Gasteiger partial charge in [0.15, 0.2) is 0 Å². The highest BCUT2D eigenvalue weighted by Gasteiger charge is 2.39. The van der Waals surface area contributed by atoms with E-state index in [0.29, 0.717) is 22.8 Å². The molecule has 0 aliphatic heterocycles. The van der Waals surface area contributed by atoms with E-state index in [2.05, 4.69) is 10.2 Å². The number of benzene rings is 3. The average Bonchev–Trinajstić information content (AvgIpc) is 3.35. The lowest BCUT2D eigenvalue weighted by Crippen LogP contribution is -2.26. The third kappa shape index (κ3) is 4.22. The van der Waals surface area contributed by atoms with Gasteiger partial charge in [-0.15, -0.1) is 0 Å². The minimum Gasteiger partial charge on any atom is -0.295 e. The molecule has 0 saturated heterocycles. The van der Waals surface area contributed by atoms with Crippen LogP contribution in [0.4, 0.5) is 13.2 Å². The quantitative estimate of drug-likeness (QED) is 0.334. The van der Waals surface area contributed by atoms with E-state index in [1.54, 1.807) is 74.5 Å². The van der Waals surface area contributed by atoms with Crippen molar-refractivity contribution in [3.8, 4) is 11.4 Å². The number of hydrogen-bond acceptors (Lipinski definition) is 2. The Kier molecular flexibility index (Phi) is 5.99. The molecule has 6 nitrogen and oxygen atoms in total. The molecule has 0 aliphatic carbocycles. The summed E-state index contributed by atoms with van der Waals surface area (Å²) in [7, 11) is 0.